The van der Waals surface area contributed by atoms with Crippen LogP contribution in [0.3, 0.4) is 0 Å². The summed E-state index contributed by atoms with van der Waals surface area (Å²) in [5.41, 5.74) is 3.54. The Morgan fingerprint density at radius 2 is 1.87 bits per heavy atom. The zero-order valence-corrected chi connectivity index (χ0v) is 21.1. The number of nitro groups is 1. The molecule has 192 valence electrons. The summed E-state index contributed by atoms with van der Waals surface area (Å²) in [5.74, 6) is 0. The van der Waals surface area contributed by atoms with Crippen molar-refractivity contribution < 1.29 is 13.3 Å². The van der Waals surface area contributed by atoms with Crippen LogP contribution in [0.5, 0.6) is 0 Å². The molecule has 1 atom stereocenters. The number of nitriles is 1. The number of imidazole rings is 1. The first-order chi connectivity index (χ1) is 18.3. The fourth-order valence-corrected chi connectivity index (χ4v) is 6.36. The number of nitrogens with zero attached hydrogens (tertiary/aromatic N) is 5. The molecule has 3 aromatic carbocycles. The molecule has 1 aromatic heterocycles. The van der Waals surface area contributed by atoms with Crippen molar-refractivity contribution in [2.24, 2.45) is 0 Å². The maximum absolute atomic E-state index is 14.1. The molecule has 4 aromatic rings. The van der Waals surface area contributed by atoms with E-state index >= 15 is 0 Å². The normalized spacial score (nSPS) is 15.9. The lowest BCUT2D eigenvalue weighted by molar-refractivity contribution is -0.384. The first-order valence-corrected chi connectivity index (χ1v) is 13.3. The Bertz CT molecular complexity index is 1580. The van der Waals surface area contributed by atoms with Gasteiger partial charge in [0, 0.05) is 43.1 Å². The number of aromatic amines is 1. The van der Waals surface area contributed by atoms with Crippen molar-refractivity contribution in [2.75, 3.05) is 11.4 Å². The topological polar surface area (TPSA) is 136 Å². The van der Waals surface area contributed by atoms with Gasteiger partial charge in [0.1, 0.15) is 0 Å². The average Bonchev–Trinajstić information content (AvgIpc) is 3.39. The first-order valence-electron chi connectivity index (χ1n) is 11.9. The Morgan fingerprint density at radius 1 is 1.11 bits per heavy atom. The van der Waals surface area contributed by atoms with Gasteiger partial charge in [-0.15, -0.1) is 0 Å². The highest BCUT2D eigenvalue weighted by molar-refractivity contribution is 7.89. The standard InChI is InChI=1S/C27H24N6O4S/c28-14-21-6-11-27-22(12-21)16-32(38(36,37)26-9-7-24(8-10-26)33(34)35)25(13-20-4-2-1-3-5-20)18-31(27)17-23-15-29-19-30-23/h1-12,15,19,25H,13,16-18H2,(H,29,30)/t25-/m1/s1. The van der Waals surface area contributed by atoms with E-state index in [1.807, 2.05) is 36.4 Å². The van der Waals surface area contributed by atoms with Crippen LogP contribution in [0, 0.1) is 21.4 Å². The third-order valence-corrected chi connectivity index (χ3v) is 8.50. The Kier molecular flexibility index (Phi) is 6.91. The van der Waals surface area contributed by atoms with E-state index in [0.29, 0.717) is 30.6 Å². The van der Waals surface area contributed by atoms with Crippen molar-refractivity contribution in [2.45, 2.75) is 30.4 Å². The molecule has 0 aliphatic carbocycles. The number of sulfonamides is 1. The SMILES string of the molecule is N#Cc1ccc2c(c1)CN(S(=O)(=O)c1ccc([N+](=O)[O-])cc1)[C@H](Cc1ccccc1)CN2Cc1c[nH]cn1. The van der Waals surface area contributed by atoms with Crippen molar-refractivity contribution in [3.8, 4) is 6.07 Å². The minimum absolute atomic E-state index is 0.0279. The number of nitro benzene ring substituents is 1. The van der Waals surface area contributed by atoms with E-state index in [9.17, 15) is 23.8 Å². The Balaban J connectivity index is 1.61. The summed E-state index contributed by atoms with van der Waals surface area (Å²) >= 11 is 0. The van der Waals surface area contributed by atoms with Crippen LogP contribution < -0.4 is 4.90 Å². The smallest absolute Gasteiger partial charge is 0.269 e. The van der Waals surface area contributed by atoms with Crippen LogP contribution in [-0.4, -0.2) is 40.2 Å². The molecule has 0 unspecified atom stereocenters. The third-order valence-electron chi connectivity index (χ3n) is 6.59. The van der Waals surface area contributed by atoms with E-state index in [1.165, 1.54) is 28.6 Å². The second kappa shape index (κ2) is 10.5. The van der Waals surface area contributed by atoms with E-state index in [-0.39, 0.29) is 17.1 Å². The molecule has 1 N–H and O–H groups in total. The van der Waals surface area contributed by atoms with Crippen LogP contribution in [0.25, 0.3) is 0 Å². The number of rotatable bonds is 7. The van der Waals surface area contributed by atoms with Gasteiger partial charge in [-0.1, -0.05) is 30.3 Å². The van der Waals surface area contributed by atoms with Crippen LogP contribution in [0.15, 0.2) is 90.2 Å². The molecule has 5 rings (SSSR count). The largest absolute Gasteiger partial charge is 0.364 e. The summed E-state index contributed by atoms with van der Waals surface area (Å²) in [5, 5.41) is 20.7. The fraction of sp³-hybridized carbons (Fsp3) is 0.185. The van der Waals surface area contributed by atoms with Crippen molar-refractivity contribution in [1.82, 2.24) is 14.3 Å². The zero-order valence-electron chi connectivity index (χ0n) is 20.3. The predicted molar refractivity (Wildman–Crippen MR) is 141 cm³/mol. The minimum atomic E-state index is -4.07. The molecule has 0 spiro atoms. The van der Waals surface area contributed by atoms with Gasteiger partial charge in [0.25, 0.3) is 5.69 Å². The molecular weight excluding hydrogens is 504 g/mol. The molecule has 2 heterocycles. The summed E-state index contributed by atoms with van der Waals surface area (Å²) in [7, 11) is -4.07. The maximum Gasteiger partial charge on any atom is 0.269 e. The van der Waals surface area contributed by atoms with Crippen LogP contribution in [0.4, 0.5) is 11.4 Å². The number of hydrogen-bond donors (Lipinski definition) is 1. The van der Waals surface area contributed by atoms with Gasteiger partial charge in [-0.2, -0.15) is 9.57 Å². The first kappa shape index (κ1) is 25.1. The maximum atomic E-state index is 14.1. The highest BCUT2D eigenvalue weighted by atomic mass is 32.2. The van der Waals surface area contributed by atoms with Crippen molar-refractivity contribution in [3.05, 3.63) is 118 Å². The van der Waals surface area contributed by atoms with Gasteiger partial charge >= 0.3 is 0 Å². The molecule has 38 heavy (non-hydrogen) atoms. The van der Waals surface area contributed by atoms with E-state index < -0.39 is 21.0 Å². The minimum Gasteiger partial charge on any atom is -0.364 e. The van der Waals surface area contributed by atoms with Crippen LogP contribution in [0.1, 0.15) is 22.4 Å². The van der Waals surface area contributed by atoms with E-state index in [1.54, 1.807) is 24.7 Å². The third kappa shape index (κ3) is 5.13. The zero-order chi connectivity index (χ0) is 26.7. The summed E-state index contributed by atoms with van der Waals surface area (Å²) < 4.78 is 29.6. The molecule has 0 saturated heterocycles. The molecule has 0 fully saturated rings. The molecule has 0 saturated carbocycles. The number of H-pyrrole nitrogens is 1. The Morgan fingerprint density at radius 3 is 2.53 bits per heavy atom. The summed E-state index contributed by atoms with van der Waals surface area (Å²) in [6.07, 6.45) is 3.84. The van der Waals surface area contributed by atoms with Gasteiger partial charge in [0.05, 0.1) is 40.0 Å². The van der Waals surface area contributed by atoms with Gasteiger partial charge in [-0.05, 0) is 47.9 Å². The van der Waals surface area contributed by atoms with Crippen molar-refractivity contribution in [1.29, 1.82) is 5.26 Å². The van der Waals surface area contributed by atoms with Gasteiger partial charge in [-0.3, -0.25) is 10.1 Å². The number of non-ortho nitro benzene ring substituents is 1. The van der Waals surface area contributed by atoms with E-state index in [2.05, 4.69) is 20.9 Å². The lowest BCUT2D eigenvalue weighted by Gasteiger charge is -2.32. The molecule has 0 amide bonds. The number of aromatic nitrogens is 2. The van der Waals surface area contributed by atoms with Gasteiger partial charge in [-0.25, -0.2) is 13.4 Å². The molecule has 1 aliphatic rings. The summed E-state index contributed by atoms with van der Waals surface area (Å²) in [6, 6.07) is 21.5. The highest BCUT2D eigenvalue weighted by Crippen LogP contribution is 2.34. The highest BCUT2D eigenvalue weighted by Gasteiger charge is 2.37. The van der Waals surface area contributed by atoms with Crippen molar-refractivity contribution >= 4 is 21.4 Å². The van der Waals surface area contributed by atoms with Gasteiger partial charge in [0.15, 0.2) is 0 Å². The van der Waals surface area contributed by atoms with Crippen LogP contribution in [0.2, 0.25) is 0 Å². The predicted octanol–water partition coefficient (Wildman–Crippen LogP) is 4.01. The quantitative estimate of drug-likeness (QED) is 0.283. The van der Waals surface area contributed by atoms with Crippen molar-refractivity contribution in [3.63, 3.8) is 0 Å². The average molecular weight is 529 g/mol. The Labute approximate surface area is 220 Å². The molecule has 0 bridgehead atoms. The number of anilines is 1. The number of fused-ring (bicyclic) bond motifs is 1. The second-order valence-corrected chi connectivity index (χ2v) is 10.9. The number of hydrogen-bond acceptors (Lipinski definition) is 7. The molecular formula is C27H24N6O4S. The number of benzene rings is 3. The summed E-state index contributed by atoms with van der Waals surface area (Å²) in [4.78, 5) is 20.0. The number of nitrogens with one attached hydrogen (secondary N) is 1. The van der Waals surface area contributed by atoms with Crippen LogP contribution >= 0.6 is 0 Å². The van der Waals surface area contributed by atoms with Crippen LogP contribution in [-0.2, 0) is 29.5 Å². The molecule has 10 nitrogen and oxygen atoms in total. The summed E-state index contributed by atoms with van der Waals surface area (Å²) in [6.45, 7) is 0.852. The molecule has 1 aliphatic heterocycles. The van der Waals surface area contributed by atoms with E-state index in [4.69, 9.17) is 0 Å². The second-order valence-electron chi connectivity index (χ2n) is 9.04. The molecule has 11 heteroatoms. The lowest BCUT2D eigenvalue weighted by Crippen LogP contribution is -2.45. The fourth-order valence-electron chi connectivity index (χ4n) is 4.76. The molecule has 0 radical (unpaired) electrons. The van der Waals surface area contributed by atoms with E-state index in [0.717, 1.165) is 16.9 Å². The van der Waals surface area contributed by atoms with Gasteiger partial charge < -0.3 is 9.88 Å². The van der Waals surface area contributed by atoms with Gasteiger partial charge in [0.2, 0.25) is 10.0 Å². The lowest BCUT2D eigenvalue weighted by atomic mass is 10.1. The Hall–Kier alpha value is -4.53. The monoisotopic (exact) mass is 528 g/mol.